The monoisotopic (exact) mass is 1030 g/mol. The Balaban J connectivity index is 0.000000500. The van der Waals surface area contributed by atoms with Crippen molar-refractivity contribution in [3.05, 3.63) is 0 Å². The minimum atomic E-state index is -0.416. The molecule has 73 heavy (non-hydrogen) atoms. The summed E-state index contributed by atoms with van der Waals surface area (Å²) in [6.07, 6.45) is 29.3. The number of hydrogen-bond acceptors (Lipinski definition) is 8. The summed E-state index contributed by atoms with van der Waals surface area (Å²) in [4.78, 5) is 84.0. The lowest BCUT2D eigenvalue weighted by atomic mass is 9.74. The summed E-state index contributed by atoms with van der Waals surface area (Å²) >= 11 is 0. The summed E-state index contributed by atoms with van der Waals surface area (Å²) < 4.78 is 11.9. The van der Waals surface area contributed by atoms with E-state index in [9.17, 15) is 28.8 Å². The van der Waals surface area contributed by atoms with E-state index in [2.05, 4.69) is 62.3 Å². The van der Waals surface area contributed by atoms with Crippen molar-refractivity contribution < 1.29 is 38.2 Å². The Hall–Kier alpha value is -3.26. The van der Waals surface area contributed by atoms with Gasteiger partial charge in [0.05, 0.1) is 11.1 Å². The minimum absolute atomic E-state index is 0.0360. The third kappa shape index (κ3) is 19.1. The molecule has 0 atom stereocenters. The molecule has 0 bridgehead atoms. The first-order valence-corrected chi connectivity index (χ1v) is 30.0. The van der Waals surface area contributed by atoms with E-state index in [-0.39, 0.29) is 55.4 Å². The fourth-order valence-corrected chi connectivity index (χ4v) is 12.1. The number of nitrogens with zero attached hydrogens (tertiary/aromatic N) is 6. The zero-order valence-corrected chi connectivity index (χ0v) is 49.1. The molecule has 3 aliphatic heterocycles. The van der Waals surface area contributed by atoms with E-state index in [0.29, 0.717) is 43.7 Å². The summed E-state index contributed by atoms with van der Waals surface area (Å²) in [5.74, 6) is -0.218. The molecule has 14 nitrogen and oxygen atoms in total. The highest BCUT2D eigenvalue weighted by Gasteiger charge is 2.48. The molecule has 0 aromatic carbocycles. The molecule has 14 heteroatoms. The van der Waals surface area contributed by atoms with E-state index < -0.39 is 11.1 Å². The standard InChI is InChI=1S/C32H62N2O3.C27H48N4O5/c1-7-13-14-21-31(8-2,9-3)23-16-19-26-37-27-20-17-24-32(10-4,11-5)22-15-18-25-34-29(35)28-33(12-6)30(34)36;1-7-26(8-2,30-22(32)20-28(6)24(30)34)16-12-14-18-36-19-15-13-17-27(9-3,10-4)31-23(33)21-29(11-5)25(31)35/h7-28H2,1-6H3;7-21H2,1-6H3. The van der Waals surface area contributed by atoms with E-state index in [4.69, 9.17) is 9.47 Å². The highest BCUT2D eigenvalue weighted by atomic mass is 16.5. The number of carbonyl (C=O) groups is 6. The summed E-state index contributed by atoms with van der Waals surface area (Å²) in [5.41, 5.74) is 0.116. The molecule has 0 radical (unpaired) electrons. The highest BCUT2D eigenvalue weighted by molar-refractivity contribution is 6.03. The number of likely N-dealkylation sites (N-methyl/N-ethyl adjacent to an activating group) is 3. The molecule has 0 aromatic rings. The zero-order chi connectivity index (χ0) is 54.5. The van der Waals surface area contributed by atoms with Crippen LogP contribution in [0.3, 0.4) is 0 Å². The van der Waals surface area contributed by atoms with E-state index >= 15 is 0 Å². The molecule has 0 aliphatic carbocycles. The molecule has 3 aliphatic rings. The van der Waals surface area contributed by atoms with Crippen LogP contribution in [0.1, 0.15) is 250 Å². The van der Waals surface area contributed by atoms with Gasteiger partial charge in [0, 0.05) is 53.1 Å². The van der Waals surface area contributed by atoms with E-state index in [1.165, 1.54) is 109 Å². The molecule has 0 spiro atoms. The predicted molar refractivity (Wildman–Crippen MR) is 296 cm³/mol. The number of hydrogen-bond donors (Lipinski definition) is 0. The van der Waals surface area contributed by atoms with Crippen molar-refractivity contribution in [2.75, 3.05) is 72.7 Å². The largest absolute Gasteiger partial charge is 0.381 e. The molecule has 0 unspecified atom stereocenters. The van der Waals surface area contributed by atoms with Gasteiger partial charge < -0.3 is 24.2 Å². The van der Waals surface area contributed by atoms with E-state index in [1.54, 1.807) is 16.8 Å². The molecule has 3 heterocycles. The third-order valence-electron chi connectivity index (χ3n) is 18.2. The molecule has 0 N–H and O–H groups in total. The Labute approximate surface area is 446 Å². The maximum atomic E-state index is 12.8. The average Bonchev–Trinajstić information content (AvgIpc) is 3.96. The minimum Gasteiger partial charge on any atom is -0.381 e. The average molecular weight is 1030 g/mol. The normalized spacial score (nSPS) is 16.1. The lowest BCUT2D eigenvalue weighted by molar-refractivity contribution is -0.131. The Morgan fingerprint density at radius 2 is 0.740 bits per heavy atom. The van der Waals surface area contributed by atoms with Crippen molar-refractivity contribution in [3.8, 4) is 0 Å². The SMILES string of the molecule is CCCCCC(CC)(CC)CCCCOCCCCC(CC)(CC)CCCCN1C(=O)CN(CC)C1=O.CCN1CC(=O)N(C(CC)(CC)CCCCOCCCCC(CC)(CC)N2C(=O)CN(C)C2=O)C1=O. The molecule has 3 fully saturated rings. The second kappa shape index (κ2) is 34.4. The quantitative estimate of drug-likeness (QED) is 0.0435. The van der Waals surface area contributed by atoms with E-state index in [1.807, 2.05) is 13.8 Å². The topological polar surface area (TPSA) is 140 Å². The number of imide groups is 3. The second-order valence-electron chi connectivity index (χ2n) is 22.0. The number of ether oxygens (including phenoxy) is 2. The number of rotatable bonds is 41. The molecule has 9 amide bonds. The first-order chi connectivity index (χ1) is 35.0. The molecular weight excluding hydrogens is 921 g/mol. The van der Waals surface area contributed by atoms with Crippen LogP contribution in [-0.4, -0.2) is 149 Å². The molecule has 3 saturated heterocycles. The van der Waals surface area contributed by atoms with Crippen molar-refractivity contribution in [2.24, 2.45) is 10.8 Å². The Bertz CT molecular complexity index is 1620. The fourth-order valence-electron chi connectivity index (χ4n) is 12.1. The third-order valence-corrected chi connectivity index (χ3v) is 18.2. The van der Waals surface area contributed by atoms with Crippen molar-refractivity contribution in [1.82, 2.24) is 29.4 Å². The van der Waals surface area contributed by atoms with Crippen molar-refractivity contribution in [3.63, 3.8) is 0 Å². The van der Waals surface area contributed by atoms with Gasteiger partial charge in [-0.1, -0.05) is 127 Å². The van der Waals surface area contributed by atoms with Crippen LogP contribution >= 0.6 is 0 Å². The fraction of sp³-hybridized carbons (Fsp3) is 0.898. The summed E-state index contributed by atoms with van der Waals surface area (Å²) in [7, 11) is 1.68. The molecule has 0 aromatic heterocycles. The highest BCUT2D eigenvalue weighted by Crippen LogP contribution is 2.40. The van der Waals surface area contributed by atoms with E-state index in [0.717, 1.165) is 96.7 Å². The van der Waals surface area contributed by atoms with Crippen LogP contribution < -0.4 is 0 Å². The van der Waals surface area contributed by atoms with Crippen LogP contribution in [0, 0.1) is 10.8 Å². The Morgan fingerprint density at radius 3 is 1.08 bits per heavy atom. The number of unbranched alkanes of at least 4 members (excludes halogenated alkanes) is 7. The van der Waals surface area contributed by atoms with Gasteiger partial charge in [-0.25, -0.2) is 14.4 Å². The van der Waals surface area contributed by atoms with Crippen LogP contribution in [-0.2, 0) is 23.9 Å². The zero-order valence-electron chi connectivity index (χ0n) is 49.1. The van der Waals surface area contributed by atoms with Crippen molar-refractivity contribution >= 4 is 35.8 Å². The van der Waals surface area contributed by atoms with Crippen LogP contribution in [0.25, 0.3) is 0 Å². The molecule has 3 rings (SSSR count). The van der Waals surface area contributed by atoms with Gasteiger partial charge in [0.1, 0.15) is 19.6 Å². The van der Waals surface area contributed by atoms with Crippen LogP contribution in [0.15, 0.2) is 0 Å². The predicted octanol–water partition coefficient (Wildman–Crippen LogP) is 13.6. The van der Waals surface area contributed by atoms with Gasteiger partial charge in [0.25, 0.3) is 11.8 Å². The number of urea groups is 3. The maximum Gasteiger partial charge on any atom is 0.327 e. The summed E-state index contributed by atoms with van der Waals surface area (Å²) in [5, 5.41) is 0. The number of amides is 9. The lowest BCUT2D eigenvalue weighted by Gasteiger charge is -2.39. The first-order valence-electron chi connectivity index (χ1n) is 30.0. The van der Waals surface area contributed by atoms with Gasteiger partial charge in [0.2, 0.25) is 5.91 Å². The van der Waals surface area contributed by atoms with Crippen molar-refractivity contribution in [1.29, 1.82) is 0 Å². The molecule has 0 saturated carbocycles. The van der Waals surface area contributed by atoms with Gasteiger partial charge in [-0.15, -0.1) is 0 Å². The lowest BCUT2D eigenvalue weighted by Crippen LogP contribution is -2.51. The van der Waals surface area contributed by atoms with Crippen molar-refractivity contribution in [2.45, 2.75) is 261 Å². The molecular formula is C59H110N6O8. The van der Waals surface area contributed by atoms with Crippen LogP contribution in [0.5, 0.6) is 0 Å². The Kier molecular flexibility index (Phi) is 31.0. The first kappa shape index (κ1) is 65.9. The summed E-state index contributed by atoms with van der Waals surface area (Å²) in [6, 6.07) is -0.441. The second-order valence-corrected chi connectivity index (χ2v) is 22.0. The Morgan fingerprint density at radius 1 is 0.384 bits per heavy atom. The number of carbonyl (C=O) groups excluding carboxylic acids is 6. The van der Waals surface area contributed by atoms with Gasteiger partial charge >= 0.3 is 18.1 Å². The van der Waals surface area contributed by atoms with Crippen LogP contribution in [0.2, 0.25) is 0 Å². The molecule has 424 valence electrons. The van der Waals surface area contributed by atoms with Crippen LogP contribution in [0.4, 0.5) is 14.4 Å². The summed E-state index contributed by atoms with van der Waals surface area (Å²) in [6.45, 7) is 29.2. The van der Waals surface area contributed by atoms with Gasteiger partial charge in [0.15, 0.2) is 0 Å². The van der Waals surface area contributed by atoms with Gasteiger partial charge in [-0.05, 0) is 134 Å². The smallest absolute Gasteiger partial charge is 0.327 e. The maximum absolute atomic E-state index is 12.8. The van der Waals surface area contributed by atoms with Gasteiger partial charge in [-0.3, -0.25) is 29.1 Å². The van der Waals surface area contributed by atoms with Gasteiger partial charge in [-0.2, -0.15) is 0 Å².